The lowest BCUT2D eigenvalue weighted by Gasteiger charge is -2.29. The lowest BCUT2D eigenvalue weighted by molar-refractivity contribution is 0.789. The Morgan fingerprint density at radius 1 is 0.704 bits per heavy atom. The molecule has 0 aliphatic rings. The van der Waals surface area contributed by atoms with Crippen LogP contribution in [0.25, 0.3) is 0 Å². The van der Waals surface area contributed by atoms with Crippen molar-refractivity contribution in [1.82, 2.24) is 0 Å². The van der Waals surface area contributed by atoms with Gasteiger partial charge < -0.3 is 9.80 Å². The Labute approximate surface area is 162 Å². The van der Waals surface area contributed by atoms with Crippen LogP contribution in [0, 0.1) is 0 Å². The van der Waals surface area contributed by atoms with Gasteiger partial charge in [-0.1, -0.05) is 30.3 Å². The number of benzene rings is 3. The van der Waals surface area contributed by atoms with E-state index >= 15 is 0 Å². The minimum absolute atomic E-state index is 0.372. The largest absolute Gasteiger partial charge is 0.378 e. The van der Waals surface area contributed by atoms with Crippen molar-refractivity contribution in [3.05, 3.63) is 84.4 Å². The lowest BCUT2D eigenvalue weighted by Crippen LogP contribution is -2.25. The fraction of sp³-hybridized carbons (Fsp3) is 0.208. The van der Waals surface area contributed by atoms with E-state index in [9.17, 15) is 0 Å². The third-order valence-electron chi connectivity index (χ3n) is 4.45. The average molecular weight is 358 g/mol. The zero-order chi connectivity index (χ0) is 19.2. The Hall–Kier alpha value is -3.07. The fourth-order valence-electron chi connectivity index (χ4n) is 3.04. The van der Waals surface area contributed by atoms with Crippen molar-refractivity contribution in [2.24, 2.45) is 4.99 Å². The van der Waals surface area contributed by atoms with Crippen LogP contribution in [0.3, 0.4) is 0 Å². The quantitative estimate of drug-likeness (QED) is 0.500. The van der Waals surface area contributed by atoms with E-state index < -0.39 is 0 Å². The van der Waals surface area contributed by atoms with Crippen LogP contribution in [-0.2, 0) is 0 Å². The lowest BCUT2D eigenvalue weighted by atomic mass is 10.2. The molecule has 0 saturated heterocycles. The number of para-hydroxylation sites is 1. The van der Waals surface area contributed by atoms with Gasteiger partial charge in [-0.05, 0) is 67.9 Å². The van der Waals surface area contributed by atoms with Crippen molar-refractivity contribution < 1.29 is 0 Å². The second-order valence-corrected chi connectivity index (χ2v) is 7.06. The minimum atomic E-state index is 0.372. The van der Waals surface area contributed by atoms with Gasteiger partial charge in [0.1, 0.15) is 0 Å². The summed E-state index contributed by atoms with van der Waals surface area (Å²) < 4.78 is 0. The predicted octanol–water partition coefficient (Wildman–Crippen LogP) is 6.05. The molecule has 3 aromatic carbocycles. The molecule has 0 fully saturated rings. The molecule has 0 spiro atoms. The van der Waals surface area contributed by atoms with E-state index in [1.54, 1.807) is 0 Å². The van der Waals surface area contributed by atoms with Gasteiger partial charge in [-0.15, -0.1) is 0 Å². The number of hydrogen-bond acceptors (Lipinski definition) is 3. The summed E-state index contributed by atoms with van der Waals surface area (Å²) in [6.45, 7) is 4.41. The van der Waals surface area contributed by atoms with Crippen LogP contribution in [0.5, 0.6) is 0 Å². The highest BCUT2D eigenvalue weighted by atomic mass is 15.2. The van der Waals surface area contributed by atoms with Crippen LogP contribution in [0.1, 0.15) is 19.4 Å². The van der Waals surface area contributed by atoms with Crippen molar-refractivity contribution in [3.8, 4) is 0 Å². The van der Waals surface area contributed by atoms with Crippen LogP contribution in [0.15, 0.2) is 83.9 Å². The molecule has 3 aromatic rings. The van der Waals surface area contributed by atoms with Crippen LogP contribution in [0.4, 0.5) is 22.7 Å². The van der Waals surface area contributed by atoms with Gasteiger partial charge in [0, 0.05) is 43.4 Å². The van der Waals surface area contributed by atoms with E-state index in [1.807, 2.05) is 26.4 Å². The standard InChI is InChI=1S/C24H27N3/c1-19(2)27(23-8-6-5-7-9-23)24-16-12-21(13-17-24)25-18-20-10-14-22(15-11-20)26(3)4/h5-19H,1-4H3. The van der Waals surface area contributed by atoms with E-state index in [0.717, 1.165) is 11.3 Å². The molecule has 0 unspecified atom stereocenters. The number of aliphatic imine (C=N–C) groups is 1. The van der Waals surface area contributed by atoms with E-state index in [4.69, 9.17) is 0 Å². The maximum atomic E-state index is 4.61. The number of rotatable bonds is 6. The molecule has 3 rings (SSSR count). The molecule has 0 aromatic heterocycles. The maximum absolute atomic E-state index is 4.61. The first-order valence-electron chi connectivity index (χ1n) is 9.30. The summed E-state index contributed by atoms with van der Waals surface area (Å²) in [7, 11) is 4.08. The first-order valence-corrected chi connectivity index (χ1v) is 9.30. The Balaban J connectivity index is 1.76. The molecular weight excluding hydrogens is 330 g/mol. The summed E-state index contributed by atoms with van der Waals surface area (Å²) in [6, 6.07) is 27.6. The zero-order valence-corrected chi connectivity index (χ0v) is 16.5. The van der Waals surface area contributed by atoms with Crippen molar-refractivity contribution in [3.63, 3.8) is 0 Å². The van der Waals surface area contributed by atoms with Gasteiger partial charge in [-0.25, -0.2) is 0 Å². The summed E-state index contributed by atoms with van der Waals surface area (Å²) in [4.78, 5) is 9.03. The van der Waals surface area contributed by atoms with Crippen molar-refractivity contribution >= 4 is 29.0 Å². The highest BCUT2D eigenvalue weighted by Crippen LogP contribution is 2.29. The molecule has 0 saturated carbocycles. The summed E-state index contributed by atoms with van der Waals surface area (Å²) in [5.74, 6) is 0. The SMILES string of the molecule is CC(C)N(c1ccccc1)c1ccc(N=Cc2ccc(N(C)C)cc2)cc1. The highest BCUT2D eigenvalue weighted by Gasteiger charge is 2.12. The van der Waals surface area contributed by atoms with E-state index in [1.165, 1.54) is 17.1 Å². The number of hydrogen-bond donors (Lipinski definition) is 0. The van der Waals surface area contributed by atoms with Gasteiger partial charge in [0.25, 0.3) is 0 Å². The van der Waals surface area contributed by atoms with Crippen LogP contribution in [-0.4, -0.2) is 26.4 Å². The molecule has 0 aliphatic carbocycles. The van der Waals surface area contributed by atoms with E-state index in [2.05, 4.69) is 101 Å². The molecule has 27 heavy (non-hydrogen) atoms. The molecule has 138 valence electrons. The predicted molar refractivity (Wildman–Crippen MR) is 118 cm³/mol. The van der Waals surface area contributed by atoms with Crippen molar-refractivity contribution in [1.29, 1.82) is 0 Å². The Morgan fingerprint density at radius 2 is 1.26 bits per heavy atom. The zero-order valence-electron chi connectivity index (χ0n) is 16.5. The van der Waals surface area contributed by atoms with Crippen LogP contribution in [0.2, 0.25) is 0 Å². The fourth-order valence-corrected chi connectivity index (χ4v) is 3.04. The third kappa shape index (κ3) is 4.76. The monoisotopic (exact) mass is 357 g/mol. The summed E-state index contributed by atoms with van der Waals surface area (Å²) in [5.41, 5.74) is 5.60. The van der Waals surface area contributed by atoms with Gasteiger partial charge >= 0.3 is 0 Å². The third-order valence-corrected chi connectivity index (χ3v) is 4.45. The van der Waals surface area contributed by atoms with Crippen LogP contribution < -0.4 is 9.80 Å². The molecule has 0 aliphatic heterocycles. The molecule has 3 heteroatoms. The molecular formula is C24H27N3. The highest BCUT2D eigenvalue weighted by molar-refractivity contribution is 5.82. The van der Waals surface area contributed by atoms with Gasteiger partial charge in [0.15, 0.2) is 0 Å². The summed E-state index contributed by atoms with van der Waals surface area (Å²) >= 11 is 0. The van der Waals surface area contributed by atoms with E-state index in [0.29, 0.717) is 6.04 Å². The Bertz CT molecular complexity index is 864. The topological polar surface area (TPSA) is 18.8 Å². The molecule has 3 nitrogen and oxygen atoms in total. The van der Waals surface area contributed by atoms with Gasteiger partial charge in [0.05, 0.1) is 5.69 Å². The Kier molecular flexibility index (Phi) is 5.92. The number of nitrogens with zero attached hydrogens (tertiary/aromatic N) is 3. The molecule has 0 atom stereocenters. The van der Waals surface area contributed by atoms with E-state index in [-0.39, 0.29) is 0 Å². The van der Waals surface area contributed by atoms with Crippen molar-refractivity contribution in [2.75, 3.05) is 23.9 Å². The van der Waals surface area contributed by atoms with Gasteiger partial charge in [-0.3, -0.25) is 4.99 Å². The molecule has 0 N–H and O–H groups in total. The first kappa shape index (κ1) is 18.7. The molecule has 0 heterocycles. The normalized spacial score (nSPS) is 11.1. The smallest absolute Gasteiger partial charge is 0.0631 e. The van der Waals surface area contributed by atoms with Gasteiger partial charge in [0.2, 0.25) is 0 Å². The molecule has 0 radical (unpaired) electrons. The Morgan fingerprint density at radius 3 is 1.81 bits per heavy atom. The second-order valence-electron chi connectivity index (χ2n) is 7.06. The minimum Gasteiger partial charge on any atom is -0.378 e. The summed E-state index contributed by atoms with van der Waals surface area (Å²) in [6.07, 6.45) is 1.91. The van der Waals surface area contributed by atoms with Gasteiger partial charge in [-0.2, -0.15) is 0 Å². The second kappa shape index (κ2) is 8.54. The maximum Gasteiger partial charge on any atom is 0.0631 e. The van der Waals surface area contributed by atoms with Crippen LogP contribution >= 0.6 is 0 Å². The number of anilines is 3. The van der Waals surface area contributed by atoms with Crippen molar-refractivity contribution in [2.45, 2.75) is 19.9 Å². The average Bonchev–Trinajstić information content (AvgIpc) is 2.68. The first-order chi connectivity index (χ1) is 13.0. The molecule has 0 amide bonds. The summed E-state index contributed by atoms with van der Waals surface area (Å²) in [5, 5.41) is 0. The molecule has 0 bridgehead atoms.